The van der Waals surface area contributed by atoms with Crippen molar-refractivity contribution >= 4 is 11.3 Å². The van der Waals surface area contributed by atoms with Crippen LogP contribution in [0.15, 0.2) is 16.8 Å². The van der Waals surface area contributed by atoms with E-state index in [1.165, 1.54) is 44.3 Å². The highest BCUT2D eigenvalue weighted by atomic mass is 32.1. The van der Waals surface area contributed by atoms with Gasteiger partial charge in [0, 0.05) is 31.2 Å². The lowest BCUT2D eigenvalue weighted by Gasteiger charge is -2.48. The van der Waals surface area contributed by atoms with Crippen LogP contribution in [0.3, 0.4) is 0 Å². The third-order valence-electron chi connectivity index (χ3n) is 4.96. The van der Waals surface area contributed by atoms with E-state index in [1.54, 1.807) is 0 Å². The van der Waals surface area contributed by atoms with Gasteiger partial charge in [-0.3, -0.25) is 4.90 Å². The van der Waals surface area contributed by atoms with Gasteiger partial charge in [0.1, 0.15) is 0 Å². The van der Waals surface area contributed by atoms with E-state index in [9.17, 15) is 0 Å². The van der Waals surface area contributed by atoms with Crippen LogP contribution >= 0.6 is 11.3 Å². The Morgan fingerprint density at radius 3 is 2.84 bits per heavy atom. The van der Waals surface area contributed by atoms with Crippen LogP contribution in [-0.2, 0) is 6.54 Å². The van der Waals surface area contributed by atoms with Crippen LogP contribution in [0.5, 0.6) is 0 Å². The quantitative estimate of drug-likeness (QED) is 0.910. The molecule has 2 fully saturated rings. The Bertz CT molecular complexity index is 393. The highest BCUT2D eigenvalue weighted by molar-refractivity contribution is 7.07. The van der Waals surface area contributed by atoms with Gasteiger partial charge < -0.3 is 5.32 Å². The van der Waals surface area contributed by atoms with Gasteiger partial charge in [-0.25, -0.2) is 0 Å². The van der Waals surface area contributed by atoms with Crippen molar-refractivity contribution in [1.29, 1.82) is 0 Å². The summed E-state index contributed by atoms with van der Waals surface area (Å²) in [7, 11) is 0. The molecule has 1 aromatic rings. The normalized spacial score (nSPS) is 27.4. The van der Waals surface area contributed by atoms with Crippen molar-refractivity contribution in [2.75, 3.05) is 13.1 Å². The van der Waals surface area contributed by atoms with Gasteiger partial charge >= 0.3 is 0 Å². The summed E-state index contributed by atoms with van der Waals surface area (Å²) in [5.41, 5.74) is 1.92. The van der Waals surface area contributed by atoms with E-state index in [0.717, 1.165) is 12.5 Å². The number of rotatable bonds is 3. The first-order chi connectivity index (χ1) is 9.19. The van der Waals surface area contributed by atoms with Gasteiger partial charge in [-0.15, -0.1) is 0 Å². The number of hydrogen-bond donors (Lipinski definition) is 1. The monoisotopic (exact) mass is 278 g/mol. The van der Waals surface area contributed by atoms with Gasteiger partial charge in [0.25, 0.3) is 0 Å². The van der Waals surface area contributed by atoms with Crippen molar-refractivity contribution in [3.63, 3.8) is 0 Å². The maximum Gasteiger partial charge on any atom is 0.0309 e. The van der Waals surface area contributed by atoms with Crippen LogP contribution in [-0.4, -0.2) is 29.6 Å². The fourth-order valence-electron chi connectivity index (χ4n) is 3.85. The zero-order valence-corrected chi connectivity index (χ0v) is 13.0. The summed E-state index contributed by atoms with van der Waals surface area (Å²) in [6, 6.07) is 2.97. The molecule has 3 rings (SSSR count). The molecule has 0 bridgehead atoms. The highest BCUT2D eigenvalue weighted by Gasteiger charge is 2.41. The molecule has 2 aliphatic rings. The first-order valence-corrected chi connectivity index (χ1v) is 8.63. The molecule has 1 saturated heterocycles. The van der Waals surface area contributed by atoms with E-state index in [2.05, 4.69) is 40.9 Å². The van der Waals surface area contributed by atoms with Crippen molar-refractivity contribution in [1.82, 2.24) is 10.2 Å². The number of nitrogens with zero attached hydrogens (tertiary/aromatic N) is 1. The molecule has 1 aromatic heterocycles. The second-order valence-corrected chi connectivity index (χ2v) is 7.50. The molecule has 1 unspecified atom stereocenters. The van der Waals surface area contributed by atoms with Crippen molar-refractivity contribution in [3.05, 3.63) is 22.4 Å². The van der Waals surface area contributed by atoms with Crippen molar-refractivity contribution in [2.24, 2.45) is 5.92 Å². The Hall–Kier alpha value is -0.380. The van der Waals surface area contributed by atoms with Gasteiger partial charge in [-0.2, -0.15) is 11.3 Å². The third-order valence-corrected chi connectivity index (χ3v) is 5.69. The molecule has 2 nitrogen and oxygen atoms in total. The van der Waals surface area contributed by atoms with Gasteiger partial charge in [0.05, 0.1) is 0 Å². The highest BCUT2D eigenvalue weighted by Crippen LogP contribution is 2.34. The molecule has 3 heteroatoms. The Morgan fingerprint density at radius 2 is 2.21 bits per heavy atom. The first-order valence-electron chi connectivity index (χ1n) is 7.69. The molecular formula is C16H26N2S. The van der Waals surface area contributed by atoms with Gasteiger partial charge in [0.15, 0.2) is 0 Å². The molecule has 0 amide bonds. The summed E-state index contributed by atoms with van der Waals surface area (Å²) in [6.07, 6.45) is 5.56. The van der Waals surface area contributed by atoms with Crippen LogP contribution in [0.1, 0.15) is 45.1 Å². The maximum atomic E-state index is 3.90. The lowest BCUT2D eigenvalue weighted by molar-refractivity contribution is 0.0508. The molecule has 0 aromatic carbocycles. The van der Waals surface area contributed by atoms with Crippen molar-refractivity contribution in [2.45, 2.75) is 57.7 Å². The molecule has 1 atom stereocenters. The molecule has 1 N–H and O–H groups in total. The number of piperazine rings is 1. The molecule has 2 heterocycles. The molecule has 19 heavy (non-hydrogen) atoms. The molecule has 1 aliphatic carbocycles. The molecule has 0 radical (unpaired) electrons. The summed E-state index contributed by atoms with van der Waals surface area (Å²) in [4.78, 5) is 2.74. The van der Waals surface area contributed by atoms with Crippen LogP contribution in [0, 0.1) is 5.92 Å². The van der Waals surface area contributed by atoms with Gasteiger partial charge in [-0.05, 0) is 41.1 Å². The third kappa shape index (κ3) is 2.88. The zero-order chi connectivity index (χ0) is 13.3. The minimum Gasteiger partial charge on any atom is -0.308 e. The summed E-state index contributed by atoms with van der Waals surface area (Å²) >= 11 is 1.82. The molecular weight excluding hydrogens is 252 g/mol. The second-order valence-electron chi connectivity index (χ2n) is 6.72. The van der Waals surface area contributed by atoms with E-state index in [0.29, 0.717) is 11.6 Å². The maximum absolute atomic E-state index is 3.90. The number of nitrogens with one attached hydrogen (secondary N) is 1. The predicted octanol–water partition coefficient (Wildman–Crippen LogP) is 3.49. The molecule has 1 spiro atoms. The average molecular weight is 278 g/mol. The van der Waals surface area contributed by atoms with E-state index in [4.69, 9.17) is 0 Å². The lowest BCUT2D eigenvalue weighted by Crippen LogP contribution is -2.63. The predicted molar refractivity (Wildman–Crippen MR) is 82.6 cm³/mol. The van der Waals surface area contributed by atoms with Crippen molar-refractivity contribution < 1.29 is 0 Å². The van der Waals surface area contributed by atoms with Crippen LogP contribution in [0.25, 0.3) is 0 Å². The van der Waals surface area contributed by atoms with Gasteiger partial charge in [0.2, 0.25) is 0 Å². The summed E-state index contributed by atoms with van der Waals surface area (Å²) in [5.74, 6) is 0.727. The van der Waals surface area contributed by atoms with E-state index in [1.807, 2.05) is 11.3 Å². The van der Waals surface area contributed by atoms with Crippen LogP contribution in [0.2, 0.25) is 0 Å². The van der Waals surface area contributed by atoms with Crippen LogP contribution in [0.4, 0.5) is 0 Å². The number of thiophene rings is 1. The Morgan fingerprint density at radius 1 is 1.42 bits per heavy atom. The fraction of sp³-hybridized carbons (Fsp3) is 0.750. The van der Waals surface area contributed by atoms with E-state index in [-0.39, 0.29) is 0 Å². The molecule has 1 aliphatic heterocycles. The summed E-state index contributed by atoms with van der Waals surface area (Å²) in [6.45, 7) is 8.27. The lowest BCUT2D eigenvalue weighted by atomic mass is 9.89. The minimum atomic E-state index is 0.432. The molecule has 1 saturated carbocycles. The summed E-state index contributed by atoms with van der Waals surface area (Å²) < 4.78 is 0. The zero-order valence-electron chi connectivity index (χ0n) is 12.2. The average Bonchev–Trinajstić information content (AvgIpc) is 3.01. The first kappa shape index (κ1) is 13.6. The van der Waals surface area contributed by atoms with Crippen LogP contribution < -0.4 is 5.32 Å². The molecule has 106 valence electrons. The summed E-state index contributed by atoms with van der Waals surface area (Å²) in [5, 5.41) is 8.40. The van der Waals surface area contributed by atoms with Crippen molar-refractivity contribution in [3.8, 4) is 0 Å². The van der Waals surface area contributed by atoms with E-state index < -0.39 is 0 Å². The number of hydrogen-bond acceptors (Lipinski definition) is 3. The van der Waals surface area contributed by atoms with E-state index >= 15 is 0 Å². The Labute approximate surface area is 121 Å². The SMILES string of the molecule is CC(C)C1CNC2(CCCC2)CN1Cc1ccsc1. The topological polar surface area (TPSA) is 15.3 Å². The standard InChI is InChI=1S/C16H26N2S/c1-13(2)15-9-17-16(6-3-4-7-16)12-18(15)10-14-5-8-19-11-14/h5,8,11,13,15,17H,3-4,6-7,9-10,12H2,1-2H3. The smallest absolute Gasteiger partial charge is 0.0309 e. The van der Waals surface area contributed by atoms with Gasteiger partial charge in [-0.1, -0.05) is 26.7 Å². The second kappa shape index (κ2) is 5.55. The minimum absolute atomic E-state index is 0.432. The fourth-order valence-corrected chi connectivity index (χ4v) is 4.51. The largest absolute Gasteiger partial charge is 0.308 e. The Kier molecular flexibility index (Phi) is 3.97. The Balaban J connectivity index is 1.74.